The minimum Gasteiger partial charge on any atom is -0.310 e. The van der Waals surface area contributed by atoms with Crippen LogP contribution in [0.5, 0.6) is 0 Å². The Labute approximate surface area is 256 Å². The molecule has 0 fully saturated rings. The SMILES string of the molecule is c1ccc(-c2ccc(N(c3ccccc3)c3cccc4c3c3ccccc3n4-c3ccc(-c4cccnc4)nc3)cc2)cc1. The first kappa shape index (κ1) is 25.7. The Kier molecular flexibility index (Phi) is 6.43. The first-order valence-corrected chi connectivity index (χ1v) is 14.7. The summed E-state index contributed by atoms with van der Waals surface area (Å²) in [6.07, 6.45) is 5.58. The third kappa shape index (κ3) is 4.50. The Hall–Kier alpha value is -6.00. The molecule has 208 valence electrons. The van der Waals surface area contributed by atoms with Crippen LogP contribution in [0.3, 0.4) is 0 Å². The zero-order valence-electron chi connectivity index (χ0n) is 24.0. The molecule has 3 heterocycles. The van der Waals surface area contributed by atoms with E-state index in [1.54, 1.807) is 6.20 Å². The number of benzene rings is 5. The number of para-hydroxylation sites is 2. The van der Waals surface area contributed by atoms with E-state index in [2.05, 4.69) is 154 Å². The van der Waals surface area contributed by atoms with E-state index in [1.165, 1.54) is 21.9 Å². The highest BCUT2D eigenvalue weighted by atomic mass is 15.1. The van der Waals surface area contributed by atoms with Crippen molar-refractivity contribution in [1.82, 2.24) is 14.5 Å². The third-order valence-corrected chi connectivity index (χ3v) is 8.13. The third-order valence-electron chi connectivity index (χ3n) is 8.13. The Morgan fingerprint density at radius 2 is 1.16 bits per heavy atom. The zero-order chi connectivity index (χ0) is 29.3. The van der Waals surface area contributed by atoms with Gasteiger partial charge >= 0.3 is 0 Å². The minimum atomic E-state index is 0.900. The highest BCUT2D eigenvalue weighted by Crippen LogP contribution is 2.43. The first-order valence-electron chi connectivity index (χ1n) is 14.7. The monoisotopic (exact) mass is 564 g/mol. The maximum absolute atomic E-state index is 4.83. The average molecular weight is 565 g/mol. The fourth-order valence-electron chi connectivity index (χ4n) is 6.11. The van der Waals surface area contributed by atoms with Gasteiger partial charge in [0, 0.05) is 40.1 Å². The van der Waals surface area contributed by atoms with Gasteiger partial charge in [-0.2, -0.15) is 0 Å². The molecule has 0 aliphatic rings. The number of rotatable bonds is 6. The summed E-state index contributed by atoms with van der Waals surface area (Å²) >= 11 is 0. The predicted octanol–water partition coefficient (Wildman–Crippen LogP) is 10.4. The van der Waals surface area contributed by atoms with E-state index in [0.717, 1.165) is 45.0 Å². The number of hydrogen-bond acceptors (Lipinski definition) is 3. The molecule has 0 amide bonds. The van der Waals surface area contributed by atoms with Crippen LogP contribution in [0.1, 0.15) is 0 Å². The van der Waals surface area contributed by atoms with Crippen molar-refractivity contribution in [3.05, 3.63) is 170 Å². The minimum absolute atomic E-state index is 0.900. The molecule has 0 aliphatic carbocycles. The average Bonchev–Trinajstić information content (AvgIpc) is 3.45. The van der Waals surface area contributed by atoms with Gasteiger partial charge in [0.2, 0.25) is 0 Å². The van der Waals surface area contributed by atoms with Crippen molar-refractivity contribution in [2.75, 3.05) is 4.90 Å². The van der Waals surface area contributed by atoms with E-state index in [4.69, 9.17) is 4.98 Å². The van der Waals surface area contributed by atoms with Crippen molar-refractivity contribution in [3.63, 3.8) is 0 Å². The molecule has 0 radical (unpaired) electrons. The first-order chi connectivity index (χ1) is 21.8. The van der Waals surface area contributed by atoms with Gasteiger partial charge < -0.3 is 9.47 Å². The summed E-state index contributed by atoms with van der Waals surface area (Å²) in [5.41, 5.74) is 10.9. The van der Waals surface area contributed by atoms with Crippen LogP contribution < -0.4 is 4.90 Å². The standard InChI is InChI=1S/C40H28N4/c1-3-11-29(12-4-1)30-20-22-33(23-21-30)43(32-14-5-2-6-15-32)38-18-9-19-39-40(38)35-16-7-8-17-37(35)44(39)34-24-25-36(42-28-34)31-13-10-26-41-27-31/h1-28H. The van der Waals surface area contributed by atoms with Gasteiger partial charge in [-0.25, -0.2) is 0 Å². The highest BCUT2D eigenvalue weighted by molar-refractivity contribution is 6.16. The second kappa shape index (κ2) is 11.0. The molecule has 5 aromatic carbocycles. The van der Waals surface area contributed by atoms with Crippen LogP contribution in [0.15, 0.2) is 170 Å². The summed E-state index contributed by atoms with van der Waals surface area (Å²) in [7, 11) is 0. The second-order valence-corrected chi connectivity index (χ2v) is 10.8. The lowest BCUT2D eigenvalue weighted by Crippen LogP contribution is -2.10. The van der Waals surface area contributed by atoms with Crippen molar-refractivity contribution in [2.24, 2.45) is 0 Å². The van der Waals surface area contributed by atoms with Gasteiger partial charge in [0.1, 0.15) is 0 Å². The van der Waals surface area contributed by atoms with Crippen LogP contribution in [0.4, 0.5) is 17.1 Å². The molecule has 0 saturated carbocycles. The van der Waals surface area contributed by atoms with Crippen molar-refractivity contribution in [1.29, 1.82) is 0 Å². The van der Waals surface area contributed by atoms with Gasteiger partial charge in [0.05, 0.1) is 34.3 Å². The lowest BCUT2D eigenvalue weighted by molar-refractivity contribution is 1.14. The molecule has 0 unspecified atom stereocenters. The number of nitrogens with zero attached hydrogens (tertiary/aromatic N) is 4. The summed E-state index contributed by atoms with van der Waals surface area (Å²) in [6.45, 7) is 0. The van der Waals surface area contributed by atoms with Crippen molar-refractivity contribution in [3.8, 4) is 28.1 Å². The fraction of sp³-hybridized carbons (Fsp3) is 0. The molecule has 0 spiro atoms. The van der Waals surface area contributed by atoms with Crippen LogP contribution in [-0.2, 0) is 0 Å². The molecular weight excluding hydrogens is 536 g/mol. The molecule has 0 atom stereocenters. The maximum Gasteiger partial charge on any atom is 0.0719 e. The summed E-state index contributed by atoms with van der Waals surface area (Å²) < 4.78 is 2.32. The quantitative estimate of drug-likeness (QED) is 0.201. The molecule has 4 nitrogen and oxygen atoms in total. The Balaban J connectivity index is 1.32. The highest BCUT2D eigenvalue weighted by Gasteiger charge is 2.21. The largest absolute Gasteiger partial charge is 0.310 e. The number of hydrogen-bond donors (Lipinski definition) is 0. The van der Waals surface area contributed by atoms with E-state index < -0.39 is 0 Å². The molecule has 8 aromatic rings. The molecule has 8 rings (SSSR count). The van der Waals surface area contributed by atoms with Crippen LogP contribution in [0.2, 0.25) is 0 Å². The van der Waals surface area contributed by atoms with Gasteiger partial charge in [-0.15, -0.1) is 0 Å². The lowest BCUT2D eigenvalue weighted by atomic mass is 10.0. The predicted molar refractivity (Wildman–Crippen MR) is 182 cm³/mol. The topological polar surface area (TPSA) is 34.0 Å². The van der Waals surface area contributed by atoms with Gasteiger partial charge in [-0.1, -0.05) is 84.9 Å². The molecule has 44 heavy (non-hydrogen) atoms. The van der Waals surface area contributed by atoms with Crippen LogP contribution in [0.25, 0.3) is 49.9 Å². The van der Waals surface area contributed by atoms with E-state index in [9.17, 15) is 0 Å². The van der Waals surface area contributed by atoms with Gasteiger partial charge in [0.25, 0.3) is 0 Å². The number of pyridine rings is 2. The molecule has 0 bridgehead atoms. The maximum atomic E-state index is 4.83. The summed E-state index contributed by atoms with van der Waals surface area (Å²) in [6, 6.07) is 53.4. The number of fused-ring (bicyclic) bond motifs is 3. The Morgan fingerprint density at radius 1 is 0.477 bits per heavy atom. The van der Waals surface area contributed by atoms with Gasteiger partial charge in [0.15, 0.2) is 0 Å². The Morgan fingerprint density at radius 3 is 1.91 bits per heavy atom. The lowest BCUT2D eigenvalue weighted by Gasteiger charge is -2.26. The van der Waals surface area contributed by atoms with Crippen molar-refractivity contribution < 1.29 is 0 Å². The fourth-order valence-corrected chi connectivity index (χ4v) is 6.11. The zero-order valence-corrected chi connectivity index (χ0v) is 24.0. The van der Waals surface area contributed by atoms with Crippen LogP contribution in [-0.4, -0.2) is 14.5 Å². The van der Waals surface area contributed by atoms with Crippen molar-refractivity contribution >= 4 is 38.9 Å². The molecule has 0 saturated heterocycles. The van der Waals surface area contributed by atoms with E-state index >= 15 is 0 Å². The van der Waals surface area contributed by atoms with Gasteiger partial charge in [-0.3, -0.25) is 9.97 Å². The molecule has 3 aromatic heterocycles. The summed E-state index contributed by atoms with van der Waals surface area (Å²) in [5.74, 6) is 0. The molecule has 0 N–H and O–H groups in total. The molecular formula is C40H28N4. The van der Waals surface area contributed by atoms with E-state index in [1.807, 2.05) is 24.5 Å². The van der Waals surface area contributed by atoms with Gasteiger partial charge in [-0.05, 0) is 77.9 Å². The normalized spacial score (nSPS) is 11.2. The summed E-state index contributed by atoms with van der Waals surface area (Å²) in [5, 5.41) is 2.38. The van der Waals surface area contributed by atoms with Crippen molar-refractivity contribution in [2.45, 2.75) is 0 Å². The number of aromatic nitrogens is 3. The molecule has 0 aliphatic heterocycles. The van der Waals surface area contributed by atoms with E-state index in [-0.39, 0.29) is 0 Å². The number of anilines is 3. The summed E-state index contributed by atoms with van der Waals surface area (Å²) in [4.78, 5) is 11.5. The van der Waals surface area contributed by atoms with Crippen LogP contribution in [0, 0.1) is 0 Å². The van der Waals surface area contributed by atoms with Crippen LogP contribution >= 0.6 is 0 Å². The molecule has 4 heteroatoms. The Bertz CT molecular complexity index is 2190. The smallest absolute Gasteiger partial charge is 0.0719 e. The van der Waals surface area contributed by atoms with E-state index in [0.29, 0.717) is 0 Å². The second-order valence-electron chi connectivity index (χ2n) is 10.8.